The zero-order valence-electron chi connectivity index (χ0n) is 30.2. The molecule has 0 N–H and O–H groups in total. The lowest BCUT2D eigenvalue weighted by Gasteiger charge is -2.29. The molecule has 11 nitrogen and oxygen atoms in total. The number of anilines is 2. The molecule has 4 aromatic heterocycles. The summed E-state index contributed by atoms with van der Waals surface area (Å²) in [7, 11) is 5.01. The van der Waals surface area contributed by atoms with Crippen LogP contribution in [0, 0.1) is 11.6 Å². The lowest BCUT2D eigenvalue weighted by molar-refractivity contribution is 0.414. The quantitative estimate of drug-likeness (QED) is 0.128. The maximum absolute atomic E-state index is 17.2. The van der Waals surface area contributed by atoms with E-state index in [0.29, 0.717) is 65.9 Å². The fraction of sp³-hybridized carbons (Fsp3) is 0.195. The van der Waals surface area contributed by atoms with E-state index < -0.39 is 11.6 Å². The van der Waals surface area contributed by atoms with Crippen molar-refractivity contribution in [3.05, 3.63) is 125 Å². The first kappa shape index (κ1) is 34.4. The zero-order chi connectivity index (χ0) is 37.8. The van der Waals surface area contributed by atoms with Crippen LogP contribution >= 0.6 is 11.6 Å². The van der Waals surface area contributed by atoms with Crippen molar-refractivity contribution in [1.82, 2.24) is 34.5 Å². The van der Waals surface area contributed by atoms with E-state index >= 15 is 4.39 Å². The molecule has 0 fully saturated rings. The molecule has 14 heteroatoms. The van der Waals surface area contributed by atoms with Crippen LogP contribution in [0.25, 0.3) is 43.8 Å². The van der Waals surface area contributed by atoms with Crippen molar-refractivity contribution in [2.45, 2.75) is 26.2 Å². The molecular weight excluding hydrogens is 724 g/mol. The van der Waals surface area contributed by atoms with Crippen LogP contribution in [0.5, 0.6) is 11.5 Å². The molecule has 276 valence electrons. The summed E-state index contributed by atoms with van der Waals surface area (Å²) in [5.74, 6) is 1.79. The first-order valence-corrected chi connectivity index (χ1v) is 18.0. The Bertz CT molecular complexity index is 2690. The van der Waals surface area contributed by atoms with Crippen LogP contribution in [0.1, 0.15) is 16.7 Å². The highest BCUT2D eigenvalue weighted by Gasteiger charge is 2.30. The molecule has 1 aliphatic rings. The van der Waals surface area contributed by atoms with Gasteiger partial charge < -0.3 is 19.3 Å². The van der Waals surface area contributed by atoms with Gasteiger partial charge in [0.15, 0.2) is 5.82 Å². The Morgan fingerprint density at radius 1 is 0.800 bits per heavy atom. The van der Waals surface area contributed by atoms with Gasteiger partial charge in [0.2, 0.25) is 5.28 Å². The maximum atomic E-state index is 17.2. The van der Waals surface area contributed by atoms with Gasteiger partial charge in [0.25, 0.3) is 0 Å². The van der Waals surface area contributed by atoms with Crippen LogP contribution in [-0.2, 0) is 33.2 Å². The van der Waals surface area contributed by atoms with Crippen LogP contribution in [-0.4, -0.2) is 55.3 Å². The Morgan fingerprint density at radius 2 is 1.49 bits per heavy atom. The summed E-state index contributed by atoms with van der Waals surface area (Å²) in [5, 5.41) is 10.2. The molecule has 0 spiro atoms. The molecule has 5 heterocycles. The lowest BCUT2D eigenvalue weighted by Crippen LogP contribution is -2.30. The summed E-state index contributed by atoms with van der Waals surface area (Å²) in [4.78, 5) is 18.4. The van der Waals surface area contributed by atoms with Gasteiger partial charge >= 0.3 is 0 Å². The van der Waals surface area contributed by atoms with Gasteiger partial charge in [-0.1, -0.05) is 30.3 Å². The highest BCUT2D eigenvalue weighted by molar-refractivity contribution is 6.29. The Hall–Kier alpha value is -6.34. The van der Waals surface area contributed by atoms with Crippen molar-refractivity contribution in [3.63, 3.8) is 0 Å². The van der Waals surface area contributed by atoms with E-state index in [1.165, 1.54) is 12.3 Å². The van der Waals surface area contributed by atoms with Crippen LogP contribution in [0.4, 0.5) is 20.4 Å². The monoisotopic (exact) mass is 757 g/mol. The average molecular weight is 758 g/mol. The second-order valence-electron chi connectivity index (χ2n) is 13.4. The van der Waals surface area contributed by atoms with Crippen LogP contribution in [0.15, 0.2) is 91.4 Å². The number of hydrogen-bond acceptors (Lipinski definition) is 9. The van der Waals surface area contributed by atoms with Gasteiger partial charge in [-0.05, 0) is 65.2 Å². The van der Waals surface area contributed by atoms with E-state index in [4.69, 9.17) is 36.1 Å². The van der Waals surface area contributed by atoms with Gasteiger partial charge in [-0.15, -0.1) is 0 Å². The summed E-state index contributed by atoms with van der Waals surface area (Å²) in [6.07, 6.45) is 4.89. The third-order valence-corrected chi connectivity index (χ3v) is 10.4. The van der Waals surface area contributed by atoms with Gasteiger partial charge in [0, 0.05) is 61.5 Å². The topological polar surface area (TPSA) is 99.2 Å². The number of pyridine rings is 1. The standard InChI is InChI=1S/C41H34ClF2N9O2/c1-50-37-29(14-15-32(43)30(37)19-46-50)33-31-20-47-53-18-17-51(40-34(38(31)53)36(35(33)44)48-41(42)49-40)23-26-5-4-16-45-39(26)52(21-24-6-10-27(54-2)11-7-24)22-25-8-12-28(55-3)13-9-25/h4-16,19-20H,17-18,21-23H2,1-3H3. The number of rotatable bonds is 10. The van der Waals surface area contributed by atoms with Gasteiger partial charge in [0.1, 0.15) is 34.5 Å². The van der Waals surface area contributed by atoms with E-state index in [1.807, 2.05) is 65.3 Å². The number of ether oxygens (including phenoxy) is 2. The molecule has 0 amide bonds. The molecule has 0 unspecified atom stereocenters. The molecule has 8 aromatic rings. The molecule has 1 aliphatic heterocycles. The van der Waals surface area contributed by atoms with E-state index in [9.17, 15) is 4.39 Å². The van der Waals surface area contributed by atoms with Gasteiger partial charge in [-0.25, -0.2) is 18.7 Å². The minimum atomic E-state index is -0.601. The van der Waals surface area contributed by atoms with Crippen molar-refractivity contribution in [2.24, 2.45) is 7.05 Å². The third-order valence-electron chi connectivity index (χ3n) is 10.2. The Kier molecular flexibility index (Phi) is 8.65. The molecule has 9 rings (SSSR count). The molecule has 0 atom stereocenters. The lowest BCUT2D eigenvalue weighted by atomic mass is 9.96. The predicted octanol–water partition coefficient (Wildman–Crippen LogP) is 8.10. The average Bonchev–Trinajstić information content (AvgIpc) is 3.77. The van der Waals surface area contributed by atoms with Gasteiger partial charge in [-0.3, -0.25) is 9.36 Å². The number of benzene rings is 4. The van der Waals surface area contributed by atoms with Gasteiger partial charge in [-0.2, -0.15) is 15.2 Å². The minimum Gasteiger partial charge on any atom is -0.497 e. The first-order chi connectivity index (χ1) is 26.8. The molecule has 0 bridgehead atoms. The van der Waals surface area contributed by atoms with Crippen molar-refractivity contribution in [1.29, 1.82) is 0 Å². The smallest absolute Gasteiger partial charge is 0.225 e. The number of halogens is 3. The number of nitrogens with zero attached hydrogens (tertiary/aromatic N) is 9. The number of aryl methyl sites for hydroxylation is 1. The van der Waals surface area contributed by atoms with Gasteiger partial charge in [0.05, 0.1) is 55.0 Å². The second-order valence-corrected chi connectivity index (χ2v) is 13.8. The maximum Gasteiger partial charge on any atom is 0.225 e. The molecule has 0 saturated heterocycles. The van der Waals surface area contributed by atoms with E-state index in [-0.39, 0.29) is 21.7 Å². The highest BCUT2D eigenvalue weighted by atomic mass is 35.5. The number of hydrogen-bond donors (Lipinski definition) is 0. The minimum absolute atomic E-state index is 0.0536. The SMILES string of the molecule is COc1ccc(CN(Cc2ccc(OC)cc2)c2ncccc2CN2CCn3ncc4c(-c5ccc(F)c6cnn(C)c56)c(F)c5nc(Cl)nc2c5c43)cc1. The second kappa shape index (κ2) is 13.8. The number of fused-ring (bicyclic) bond motifs is 1. The third kappa shape index (κ3) is 6.00. The molecule has 0 aliphatic carbocycles. The summed E-state index contributed by atoms with van der Waals surface area (Å²) in [6.45, 7) is 2.48. The fourth-order valence-corrected chi connectivity index (χ4v) is 7.78. The predicted molar refractivity (Wildman–Crippen MR) is 209 cm³/mol. The molecule has 0 saturated carbocycles. The van der Waals surface area contributed by atoms with E-state index in [1.54, 1.807) is 44.4 Å². The highest BCUT2D eigenvalue weighted by Crippen LogP contribution is 2.44. The van der Waals surface area contributed by atoms with E-state index in [0.717, 1.165) is 34.0 Å². The Labute approximate surface area is 319 Å². The Balaban J connectivity index is 1.16. The summed E-state index contributed by atoms with van der Waals surface area (Å²) in [5.41, 5.74) is 5.01. The molecule has 4 aromatic carbocycles. The number of methoxy groups -OCH3 is 2. The number of aromatic nitrogens is 7. The van der Waals surface area contributed by atoms with Crippen LogP contribution in [0.3, 0.4) is 0 Å². The van der Waals surface area contributed by atoms with Crippen LogP contribution < -0.4 is 19.3 Å². The molecule has 0 radical (unpaired) electrons. The first-order valence-electron chi connectivity index (χ1n) is 17.7. The fourth-order valence-electron chi connectivity index (χ4n) is 7.62. The van der Waals surface area contributed by atoms with Crippen molar-refractivity contribution >= 4 is 55.9 Å². The van der Waals surface area contributed by atoms with Crippen LogP contribution in [0.2, 0.25) is 5.28 Å². The molecule has 55 heavy (non-hydrogen) atoms. The Morgan fingerprint density at radius 3 is 2.18 bits per heavy atom. The van der Waals surface area contributed by atoms with E-state index in [2.05, 4.69) is 19.9 Å². The molecular formula is C41H34ClF2N9O2. The summed E-state index contributed by atoms with van der Waals surface area (Å²) >= 11 is 6.63. The summed E-state index contributed by atoms with van der Waals surface area (Å²) < 4.78 is 46.3. The van der Waals surface area contributed by atoms with Crippen molar-refractivity contribution in [2.75, 3.05) is 30.6 Å². The zero-order valence-corrected chi connectivity index (χ0v) is 30.9. The van der Waals surface area contributed by atoms with Crippen molar-refractivity contribution in [3.8, 4) is 22.6 Å². The largest absolute Gasteiger partial charge is 0.497 e. The normalized spacial score (nSPS) is 12.6. The van der Waals surface area contributed by atoms with Crippen molar-refractivity contribution < 1.29 is 18.3 Å². The summed E-state index contributed by atoms with van der Waals surface area (Å²) in [6, 6.07) is 22.9.